The van der Waals surface area contributed by atoms with Gasteiger partial charge in [-0.3, -0.25) is 4.79 Å². The Labute approximate surface area is 117 Å². The van der Waals surface area contributed by atoms with Crippen molar-refractivity contribution in [3.63, 3.8) is 0 Å². The number of ether oxygens (including phenoxy) is 1. The van der Waals surface area contributed by atoms with Crippen molar-refractivity contribution in [2.45, 2.75) is 32.9 Å². The van der Waals surface area contributed by atoms with E-state index in [4.69, 9.17) is 4.74 Å². The molecule has 0 bridgehead atoms. The molecule has 3 atom stereocenters. The Hall–Kier alpha value is -0.650. The van der Waals surface area contributed by atoms with Crippen LogP contribution in [-0.2, 0) is 9.53 Å². The van der Waals surface area contributed by atoms with E-state index >= 15 is 0 Å². The molecular formula is C14H29N3O2. The van der Waals surface area contributed by atoms with Gasteiger partial charge in [-0.25, -0.2) is 0 Å². The summed E-state index contributed by atoms with van der Waals surface area (Å²) in [5, 5.41) is 3.35. The molecule has 19 heavy (non-hydrogen) atoms. The third-order valence-corrected chi connectivity index (χ3v) is 3.65. The average molecular weight is 271 g/mol. The van der Waals surface area contributed by atoms with Gasteiger partial charge < -0.3 is 19.9 Å². The Morgan fingerprint density at radius 3 is 2.58 bits per heavy atom. The molecule has 1 N–H and O–H groups in total. The van der Waals surface area contributed by atoms with Crippen LogP contribution in [0.3, 0.4) is 0 Å². The third kappa shape index (κ3) is 4.44. The summed E-state index contributed by atoms with van der Waals surface area (Å²) in [5.41, 5.74) is 0. The first-order chi connectivity index (χ1) is 9.01. The molecule has 0 aromatic heterocycles. The Morgan fingerprint density at radius 1 is 1.37 bits per heavy atom. The first-order valence-electron chi connectivity index (χ1n) is 7.27. The smallest absolute Gasteiger partial charge is 0.229 e. The zero-order valence-corrected chi connectivity index (χ0v) is 13.0. The quantitative estimate of drug-likeness (QED) is 0.728. The van der Waals surface area contributed by atoms with Crippen molar-refractivity contribution in [1.82, 2.24) is 15.1 Å². The highest BCUT2D eigenvalue weighted by atomic mass is 16.5. The van der Waals surface area contributed by atoms with Gasteiger partial charge in [0.2, 0.25) is 5.91 Å². The minimum Gasteiger partial charge on any atom is -0.379 e. The standard InChI is InChI=1S/C14H29N3O2/c1-6-15-13-10-19-9-12(13)14(18)17(7-2)11(3)8-16(4)5/h11-13,15H,6-10H2,1-5H3. The highest BCUT2D eigenvalue weighted by molar-refractivity contribution is 5.80. The van der Waals surface area contributed by atoms with Crippen molar-refractivity contribution in [3.05, 3.63) is 0 Å². The van der Waals surface area contributed by atoms with E-state index in [2.05, 4.69) is 24.1 Å². The molecule has 0 saturated carbocycles. The predicted molar refractivity (Wildman–Crippen MR) is 77.2 cm³/mol. The number of hydrogen-bond donors (Lipinski definition) is 1. The predicted octanol–water partition coefficient (Wildman–Crippen LogP) is 0.410. The van der Waals surface area contributed by atoms with E-state index in [1.54, 1.807) is 0 Å². The summed E-state index contributed by atoms with van der Waals surface area (Å²) in [5.74, 6) is 0.185. The summed E-state index contributed by atoms with van der Waals surface area (Å²) in [4.78, 5) is 16.8. The van der Waals surface area contributed by atoms with Gasteiger partial charge in [-0.1, -0.05) is 6.92 Å². The summed E-state index contributed by atoms with van der Waals surface area (Å²) in [6, 6.07) is 0.397. The van der Waals surface area contributed by atoms with Crippen LogP contribution >= 0.6 is 0 Å². The van der Waals surface area contributed by atoms with Crippen LogP contribution in [0, 0.1) is 5.92 Å². The van der Waals surface area contributed by atoms with Crippen LogP contribution in [0.15, 0.2) is 0 Å². The fourth-order valence-electron chi connectivity index (χ4n) is 2.79. The normalized spacial score (nSPS) is 24.7. The molecule has 0 aromatic carbocycles. The highest BCUT2D eigenvalue weighted by Gasteiger charge is 2.36. The number of nitrogens with zero attached hydrogens (tertiary/aromatic N) is 2. The molecule has 1 fully saturated rings. The SMILES string of the molecule is CCNC1COCC1C(=O)N(CC)C(C)CN(C)C. The van der Waals surface area contributed by atoms with Crippen LogP contribution in [0.5, 0.6) is 0 Å². The van der Waals surface area contributed by atoms with Crippen LogP contribution in [0.2, 0.25) is 0 Å². The molecule has 1 saturated heterocycles. The van der Waals surface area contributed by atoms with Crippen LogP contribution in [-0.4, -0.2) is 74.7 Å². The maximum atomic E-state index is 12.7. The van der Waals surface area contributed by atoms with Crippen molar-refractivity contribution < 1.29 is 9.53 Å². The number of carbonyl (C=O) groups excluding carboxylic acids is 1. The van der Waals surface area contributed by atoms with E-state index < -0.39 is 0 Å². The van der Waals surface area contributed by atoms with E-state index in [0.29, 0.717) is 13.2 Å². The lowest BCUT2D eigenvalue weighted by molar-refractivity contribution is -0.138. The topological polar surface area (TPSA) is 44.8 Å². The lowest BCUT2D eigenvalue weighted by atomic mass is 10.0. The third-order valence-electron chi connectivity index (χ3n) is 3.65. The van der Waals surface area contributed by atoms with Gasteiger partial charge in [0.15, 0.2) is 0 Å². The largest absolute Gasteiger partial charge is 0.379 e. The van der Waals surface area contributed by atoms with Crippen molar-refractivity contribution in [3.8, 4) is 0 Å². The number of likely N-dealkylation sites (N-methyl/N-ethyl adjacent to an activating group) is 3. The van der Waals surface area contributed by atoms with Gasteiger partial charge >= 0.3 is 0 Å². The van der Waals surface area contributed by atoms with E-state index in [9.17, 15) is 4.79 Å². The fourth-order valence-corrected chi connectivity index (χ4v) is 2.79. The molecule has 0 spiro atoms. The molecule has 1 heterocycles. The van der Waals surface area contributed by atoms with Crippen molar-refractivity contribution in [2.75, 3.05) is 46.9 Å². The average Bonchev–Trinajstić information content (AvgIpc) is 2.77. The zero-order valence-electron chi connectivity index (χ0n) is 13.0. The van der Waals surface area contributed by atoms with Crippen LogP contribution in [0.4, 0.5) is 0 Å². The molecular weight excluding hydrogens is 242 g/mol. The van der Waals surface area contributed by atoms with E-state index in [1.165, 1.54) is 0 Å². The summed E-state index contributed by atoms with van der Waals surface area (Å²) in [7, 11) is 4.07. The van der Waals surface area contributed by atoms with Gasteiger partial charge in [0.25, 0.3) is 0 Å². The molecule has 1 amide bonds. The van der Waals surface area contributed by atoms with Crippen molar-refractivity contribution >= 4 is 5.91 Å². The van der Waals surface area contributed by atoms with Crippen LogP contribution < -0.4 is 5.32 Å². The van der Waals surface area contributed by atoms with Gasteiger partial charge in [0.05, 0.1) is 19.1 Å². The molecule has 5 heteroatoms. The molecule has 1 aliphatic rings. The summed E-state index contributed by atoms with van der Waals surface area (Å²) < 4.78 is 5.48. The van der Waals surface area contributed by atoms with E-state index in [-0.39, 0.29) is 23.9 Å². The summed E-state index contributed by atoms with van der Waals surface area (Å²) >= 11 is 0. The highest BCUT2D eigenvalue weighted by Crippen LogP contribution is 2.18. The monoisotopic (exact) mass is 271 g/mol. The van der Waals surface area contributed by atoms with E-state index in [1.807, 2.05) is 25.9 Å². The minimum absolute atomic E-state index is 0.0375. The molecule has 0 radical (unpaired) electrons. The lowest BCUT2D eigenvalue weighted by Crippen LogP contribution is -2.50. The minimum atomic E-state index is -0.0375. The molecule has 0 aromatic rings. The van der Waals surface area contributed by atoms with Gasteiger partial charge in [0.1, 0.15) is 0 Å². The second-order valence-corrected chi connectivity index (χ2v) is 5.54. The van der Waals surface area contributed by atoms with Crippen LogP contribution in [0.1, 0.15) is 20.8 Å². The molecule has 5 nitrogen and oxygen atoms in total. The Bertz CT molecular complexity index is 284. The Morgan fingerprint density at radius 2 is 2.05 bits per heavy atom. The molecule has 112 valence electrons. The van der Waals surface area contributed by atoms with E-state index in [0.717, 1.165) is 19.6 Å². The maximum Gasteiger partial charge on any atom is 0.229 e. The fraction of sp³-hybridized carbons (Fsp3) is 0.929. The number of amides is 1. The first-order valence-corrected chi connectivity index (χ1v) is 7.27. The van der Waals surface area contributed by atoms with Crippen molar-refractivity contribution in [2.24, 2.45) is 5.92 Å². The Kier molecular flexibility index (Phi) is 6.75. The Balaban J connectivity index is 2.66. The molecule has 1 rings (SSSR count). The molecule has 3 unspecified atom stereocenters. The van der Waals surface area contributed by atoms with Gasteiger partial charge in [-0.05, 0) is 34.5 Å². The maximum absolute atomic E-state index is 12.7. The number of carbonyl (C=O) groups is 1. The second-order valence-electron chi connectivity index (χ2n) is 5.54. The summed E-state index contributed by atoms with van der Waals surface area (Å²) in [6.07, 6.45) is 0. The first kappa shape index (κ1) is 16.4. The number of nitrogens with one attached hydrogen (secondary N) is 1. The summed E-state index contributed by atoms with van der Waals surface area (Å²) in [6.45, 7) is 9.92. The molecule has 0 aliphatic carbocycles. The van der Waals surface area contributed by atoms with Gasteiger partial charge in [0, 0.05) is 25.2 Å². The zero-order chi connectivity index (χ0) is 14.4. The lowest BCUT2D eigenvalue weighted by Gasteiger charge is -2.33. The number of hydrogen-bond acceptors (Lipinski definition) is 4. The van der Waals surface area contributed by atoms with Crippen LogP contribution in [0.25, 0.3) is 0 Å². The second kappa shape index (κ2) is 7.82. The van der Waals surface area contributed by atoms with Crippen molar-refractivity contribution in [1.29, 1.82) is 0 Å². The molecule has 1 aliphatic heterocycles. The number of rotatable bonds is 7. The van der Waals surface area contributed by atoms with Gasteiger partial charge in [-0.15, -0.1) is 0 Å². The van der Waals surface area contributed by atoms with Gasteiger partial charge in [-0.2, -0.15) is 0 Å².